The Hall–Kier alpha value is -2.08. The van der Waals surface area contributed by atoms with Gasteiger partial charge in [0.15, 0.2) is 0 Å². The Labute approximate surface area is 117 Å². The summed E-state index contributed by atoms with van der Waals surface area (Å²) >= 11 is 0. The highest BCUT2D eigenvalue weighted by Gasteiger charge is 2.23. The maximum Gasteiger partial charge on any atom is 0.296 e. The van der Waals surface area contributed by atoms with Gasteiger partial charge in [-0.1, -0.05) is 13.3 Å². The number of azo groups is 1. The molecule has 0 saturated carbocycles. The van der Waals surface area contributed by atoms with Crippen LogP contribution in [0.3, 0.4) is 0 Å². The number of benzene rings is 1. The highest BCUT2D eigenvalue weighted by atomic mass is 16.2. The molecule has 106 valence electrons. The summed E-state index contributed by atoms with van der Waals surface area (Å²) < 4.78 is 0. The highest BCUT2D eigenvalue weighted by molar-refractivity contribution is 6.11. The van der Waals surface area contributed by atoms with E-state index < -0.39 is 11.8 Å². The predicted octanol–water partition coefficient (Wildman–Crippen LogP) is 2.34. The number of nitrogens with two attached hydrogens (primary N) is 1. The summed E-state index contributed by atoms with van der Waals surface area (Å²) in [6, 6.07) is 5.08. The molecular weight excluding hydrogens is 256 g/mol. The largest absolute Gasteiger partial charge is 0.356 e. The van der Waals surface area contributed by atoms with Gasteiger partial charge in [-0.25, -0.2) is 0 Å². The second kappa shape index (κ2) is 5.92. The lowest BCUT2D eigenvalue weighted by atomic mass is 10.0. The first-order valence-corrected chi connectivity index (χ1v) is 6.75. The molecule has 0 bridgehead atoms. The number of nitrogens with zero attached hydrogens (tertiary/aromatic N) is 3. The van der Waals surface area contributed by atoms with Gasteiger partial charge in [0.2, 0.25) is 0 Å². The van der Waals surface area contributed by atoms with Crippen LogP contribution >= 0.6 is 0 Å². The SMILES string of the molecule is CCCC(N)N(CC)c1ccc2c(c1)C(=O)N=NC2=O. The molecule has 1 heterocycles. The zero-order chi connectivity index (χ0) is 14.7. The van der Waals surface area contributed by atoms with Crippen LogP contribution in [0.15, 0.2) is 28.4 Å². The normalized spacial score (nSPS) is 15.2. The van der Waals surface area contributed by atoms with Gasteiger partial charge in [0.1, 0.15) is 0 Å². The van der Waals surface area contributed by atoms with E-state index in [1.54, 1.807) is 18.2 Å². The van der Waals surface area contributed by atoms with Crippen molar-refractivity contribution in [2.75, 3.05) is 11.4 Å². The van der Waals surface area contributed by atoms with Gasteiger partial charge < -0.3 is 10.6 Å². The van der Waals surface area contributed by atoms with E-state index in [1.165, 1.54) is 0 Å². The van der Waals surface area contributed by atoms with Gasteiger partial charge in [-0.3, -0.25) is 9.59 Å². The smallest absolute Gasteiger partial charge is 0.296 e. The van der Waals surface area contributed by atoms with E-state index in [0.717, 1.165) is 25.1 Å². The van der Waals surface area contributed by atoms with E-state index >= 15 is 0 Å². The summed E-state index contributed by atoms with van der Waals surface area (Å²) in [6.07, 6.45) is 1.73. The molecule has 2 rings (SSSR count). The van der Waals surface area contributed by atoms with Gasteiger partial charge in [0.05, 0.1) is 17.3 Å². The summed E-state index contributed by atoms with van der Waals surface area (Å²) in [4.78, 5) is 25.3. The molecule has 0 saturated heterocycles. The van der Waals surface area contributed by atoms with Crippen LogP contribution in [0.25, 0.3) is 0 Å². The number of carbonyl (C=O) groups excluding carboxylic acids is 2. The van der Waals surface area contributed by atoms with Gasteiger partial charge in [0.25, 0.3) is 11.8 Å². The summed E-state index contributed by atoms with van der Waals surface area (Å²) in [5.41, 5.74) is 7.56. The van der Waals surface area contributed by atoms with E-state index in [-0.39, 0.29) is 6.17 Å². The van der Waals surface area contributed by atoms with Crippen molar-refractivity contribution in [3.05, 3.63) is 29.3 Å². The van der Waals surface area contributed by atoms with Crippen LogP contribution in [0.4, 0.5) is 5.69 Å². The van der Waals surface area contributed by atoms with Crippen LogP contribution in [-0.4, -0.2) is 24.5 Å². The van der Waals surface area contributed by atoms with Crippen molar-refractivity contribution in [3.8, 4) is 0 Å². The molecule has 2 amide bonds. The first-order valence-electron chi connectivity index (χ1n) is 6.75. The maximum atomic E-state index is 11.7. The molecule has 1 aliphatic heterocycles. The van der Waals surface area contributed by atoms with Gasteiger partial charge >= 0.3 is 0 Å². The lowest BCUT2D eigenvalue weighted by molar-refractivity contribution is 0.0921. The fourth-order valence-corrected chi connectivity index (χ4v) is 2.33. The Morgan fingerprint density at radius 2 is 1.80 bits per heavy atom. The summed E-state index contributed by atoms with van der Waals surface area (Å²) in [7, 11) is 0. The average Bonchev–Trinajstić information content (AvgIpc) is 2.44. The lowest BCUT2D eigenvalue weighted by Crippen LogP contribution is -2.42. The monoisotopic (exact) mass is 274 g/mol. The van der Waals surface area contributed by atoms with Gasteiger partial charge in [0, 0.05) is 12.2 Å². The molecule has 1 unspecified atom stereocenters. The molecule has 1 aliphatic rings. The van der Waals surface area contributed by atoms with Crippen LogP contribution < -0.4 is 10.6 Å². The Balaban J connectivity index is 2.38. The van der Waals surface area contributed by atoms with Gasteiger partial charge in [-0.15, -0.1) is 10.2 Å². The lowest BCUT2D eigenvalue weighted by Gasteiger charge is -2.30. The standard InChI is InChI=1S/C14H18N4O2/c1-3-5-12(15)18(4-2)9-6-7-10-11(8-9)14(20)17-16-13(10)19/h6-8,12H,3-5,15H2,1-2H3. The van der Waals surface area contributed by atoms with Crippen LogP contribution in [-0.2, 0) is 0 Å². The number of anilines is 1. The molecule has 1 aromatic rings. The first-order chi connectivity index (χ1) is 9.58. The Kier molecular flexibility index (Phi) is 4.24. The van der Waals surface area contributed by atoms with Crippen molar-refractivity contribution in [2.24, 2.45) is 16.0 Å². The maximum absolute atomic E-state index is 11.7. The third kappa shape index (κ3) is 2.60. The van der Waals surface area contributed by atoms with E-state index in [4.69, 9.17) is 5.73 Å². The number of carbonyl (C=O) groups is 2. The molecule has 1 atom stereocenters. The topological polar surface area (TPSA) is 88.1 Å². The quantitative estimate of drug-likeness (QED) is 0.835. The van der Waals surface area contributed by atoms with Gasteiger partial charge in [-0.2, -0.15) is 0 Å². The van der Waals surface area contributed by atoms with Gasteiger partial charge in [-0.05, 0) is 31.5 Å². The molecule has 0 radical (unpaired) electrons. The van der Waals surface area contributed by atoms with E-state index in [2.05, 4.69) is 17.2 Å². The third-order valence-electron chi connectivity index (χ3n) is 3.35. The minimum atomic E-state index is -0.485. The zero-order valence-corrected chi connectivity index (χ0v) is 11.7. The highest BCUT2D eigenvalue weighted by Crippen LogP contribution is 2.25. The van der Waals surface area contributed by atoms with Crippen LogP contribution in [0.5, 0.6) is 0 Å². The van der Waals surface area contributed by atoms with Crippen molar-refractivity contribution in [1.82, 2.24) is 0 Å². The number of hydrogen-bond acceptors (Lipinski definition) is 4. The Morgan fingerprint density at radius 1 is 1.15 bits per heavy atom. The Morgan fingerprint density at radius 3 is 2.40 bits per heavy atom. The minimum Gasteiger partial charge on any atom is -0.356 e. The van der Waals surface area contributed by atoms with Crippen LogP contribution in [0.2, 0.25) is 0 Å². The van der Waals surface area contributed by atoms with E-state index in [1.807, 2.05) is 11.8 Å². The van der Waals surface area contributed by atoms with Crippen molar-refractivity contribution < 1.29 is 9.59 Å². The summed E-state index contributed by atoms with van der Waals surface area (Å²) in [5, 5.41) is 6.66. The minimum absolute atomic E-state index is 0.112. The molecule has 0 spiro atoms. The van der Waals surface area contributed by atoms with Crippen molar-refractivity contribution in [3.63, 3.8) is 0 Å². The predicted molar refractivity (Wildman–Crippen MR) is 75.9 cm³/mol. The fourth-order valence-electron chi connectivity index (χ4n) is 2.33. The summed E-state index contributed by atoms with van der Waals surface area (Å²) in [5.74, 6) is -0.964. The average molecular weight is 274 g/mol. The molecule has 0 fully saturated rings. The fraction of sp³-hybridized carbons (Fsp3) is 0.429. The summed E-state index contributed by atoms with van der Waals surface area (Å²) in [6.45, 7) is 4.80. The zero-order valence-electron chi connectivity index (χ0n) is 11.7. The molecule has 0 aromatic heterocycles. The van der Waals surface area contributed by atoms with Crippen LogP contribution in [0.1, 0.15) is 47.4 Å². The van der Waals surface area contributed by atoms with Crippen molar-refractivity contribution in [2.45, 2.75) is 32.9 Å². The number of amides is 2. The third-order valence-corrected chi connectivity index (χ3v) is 3.35. The molecule has 0 aliphatic carbocycles. The molecule has 6 nitrogen and oxygen atoms in total. The van der Waals surface area contributed by atoms with E-state index in [9.17, 15) is 9.59 Å². The molecule has 1 aromatic carbocycles. The van der Waals surface area contributed by atoms with Crippen molar-refractivity contribution in [1.29, 1.82) is 0 Å². The number of fused-ring (bicyclic) bond motifs is 1. The second-order valence-electron chi connectivity index (χ2n) is 4.68. The second-order valence-corrected chi connectivity index (χ2v) is 4.68. The Bertz CT molecular complexity index is 568. The number of hydrogen-bond donors (Lipinski definition) is 1. The molecule has 6 heteroatoms. The molecular formula is C14H18N4O2. The molecule has 20 heavy (non-hydrogen) atoms. The van der Waals surface area contributed by atoms with Crippen LogP contribution in [0, 0.1) is 0 Å². The van der Waals surface area contributed by atoms with E-state index in [0.29, 0.717) is 11.1 Å². The van der Waals surface area contributed by atoms with Crippen molar-refractivity contribution >= 4 is 17.5 Å². The first kappa shape index (κ1) is 14.3. The number of rotatable bonds is 5. The molecule has 2 N–H and O–H groups in total.